The summed E-state index contributed by atoms with van der Waals surface area (Å²) in [7, 11) is 3.84. The zero-order chi connectivity index (χ0) is 14.7. The third kappa shape index (κ3) is 3.17. The SMILES string of the molecule is CN(C)c1ncc(CN[C@H]2COC[C@H]2n2ccnn2)cn1. The van der Waals surface area contributed by atoms with Gasteiger partial charge in [-0.2, -0.15) is 0 Å². The second-order valence-corrected chi connectivity index (χ2v) is 5.26. The molecule has 0 radical (unpaired) electrons. The Morgan fingerprint density at radius 1 is 1.33 bits per heavy atom. The molecular formula is C13H19N7O. The lowest BCUT2D eigenvalue weighted by atomic mass is 10.1. The summed E-state index contributed by atoms with van der Waals surface area (Å²) in [5.41, 5.74) is 1.05. The van der Waals surface area contributed by atoms with Crippen molar-refractivity contribution in [2.24, 2.45) is 0 Å². The fourth-order valence-corrected chi connectivity index (χ4v) is 2.31. The number of ether oxygens (including phenoxy) is 1. The summed E-state index contributed by atoms with van der Waals surface area (Å²) in [5, 5.41) is 11.4. The van der Waals surface area contributed by atoms with E-state index in [1.165, 1.54) is 0 Å². The largest absolute Gasteiger partial charge is 0.377 e. The van der Waals surface area contributed by atoms with Gasteiger partial charge in [0, 0.05) is 44.8 Å². The average Bonchev–Trinajstić information content (AvgIpc) is 3.16. The Labute approximate surface area is 123 Å². The van der Waals surface area contributed by atoms with E-state index in [9.17, 15) is 0 Å². The van der Waals surface area contributed by atoms with Crippen LogP contribution in [0, 0.1) is 0 Å². The highest BCUT2D eigenvalue weighted by Gasteiger charge is 2.29. The second-order valence-electron chi connectivity index (χ2n) is 5.26. The van der Waals surface area contributed by atoms with E-state index in [0.717, 1.165) is 5.56 Å². The molecule has 0 aromatic carbocycles. The Morgan fingerprint density at radius 3 is 2.81 bits per heavy atom. The summed E-state index contributed by atoms with van der Waals surface area (Å²) in [6.45, 7) is 2.02. The minimum Gasteiger partial charge on any atom is -0.377 e. The summed E-state index contributed by atoms with van der Waals surface area (Å²) in [6, 6.07) is 0.384. The van der Waals surface area contributed by atoms with Crippen molar-refractivity contribution in [1.29, 1.82) is 0 Å². The topological polar surface area (TPSA) is 81.0 Å². The Kier molecular flexibility index (Phi) is 4.07. The molecule has 112 valence electrons. The van der Waals surface area contributed by atoms with Gasteiger partial charge in [0.2, 0.25) is 5.95 Å². The van der Waals surface area contributed by atoms with Crippen molar-refractivity contribution in [2.75, 3.05) is 32.2 Å². The van der Waals surface area contributed by atoms with Gasteiger partial charge in [-0.1, -0.05) is 5.21 Å². The summed E-state index contributed by atoms with van der Waals surface area (Å²) in [6.07, 6.45) is 7.23. The van der Waals surface area contributed by atoms with Gasteiger partial charge in [-0.3, -0.25) is 0 Å². The Morgan fingerprint density at radius 2 is 2.14 bits per heavy atom. The Hall–Kier alpha value is -2.06. The Balaban J connectivity index is 1.59. The van der Waals surface area contributed by atoms with Crippen LogP contribution in [0.3, 0.4) is 0 Å². The van der Waals surface area contributed by atoms with Gasteiger partial charge < -0.3 is 15.0 Å². The first-order valence-corrected chi connectivity index (χ1v) is 6.89. The van der Waals surface area contributed by atoms with E-state index in [1.807, 2.05) is 42.3 Å². The van der Waals surface area contributed by atoms with Crippen molar-refractivity contribution in [2.45, 2.75) is 18.6 Å². The zero-order valence-corrected chi connectivity index (χ0v) is 12.2. The van der Waals surface area contributed by atoms with E-state index < -0.39 is 0 Å². The molecule has 2 aromatic heterocycles. The molecule has 2 aromatic rings. The number of nitrogens with zero attached hydrogens (tertiary/aromatic N) is 6. The van der Waals surface area contributed by atoms with Gasteiger partial charge in [-0.25, -0.2) is 14.6 Å². The molecule has 21 heavy (non-hydrogen) atoms. The van der Waals surface area contributed by atoms with Crippen LogP contribution in [-0.4, -0.2) is 58.3 Å². The lowest BCUT2D eigenvalue weighted by molar-refractivity contribution is 0.181. The standard InChI is InChI=1S/C13H19N7O/c1-19(2)13-15-6-10(7-16-13)5-14-11-8-21-9-12(11)20-4-3-17-18-20/h3-4,6-7,11-12,14H,5,8-9H2,1-2H3/t11-,12+/m0/s1. The summed E-state index contributed by atoms with van der Waals surface area (Å²) >= 11 is 0. The van der Waals surface area contributed by atoms with Gasteiger partial charge in [-0.15, -0.1) is 5.10 Å². The van der Waals surface area contributed by atoms with Crippen LogP contribution in [0.2, 0.25) is 0 Å². The molecule has 1 fully saturated rings. The first kappa shape index (κ1) is 13.9. The molecule has 0 bridgehead atoms. The molecule has 0 amide bonds. The molecule has 1 aliphatic heterocycles. The number of anilines is 1. The van der Waals surface area contributed by atoms with E-state index in [-0.39, 0.29) is 12.1 Å². The smallest absolute Gasteiger partial charge is 0.224 e. The van der Waals surface area contributed by atoms with Gasteiger partial charge in [-0.05, 0) is 0 Å². The molecule has 2 atom stereocenters. The molecule has 8 heteroatoms. The summed E-state index contributed by atoms with van der Waals surface area (Å²) in [5.74, 6) is 0.712. The van der Waals surface area contributed by atoms with Crippen molar-refractivity contribution < 1.29 is 4.74 Å². The molecule has 1 N–H and O–H groups in total. The quantitative estimate of drug-likeness (QED) is 0.820. The molecule has 3 rings (SSSR count). The lowest BCUT2D eigenvalue weighted by Crippen LogP contribution is -2.36. The van der Waals surface area contributed by atoms with Crippen LogP contribution >= 0.6 is 0 Å². The van der Waals surface area contributed by atoms with Crippen LogP contribution in [0.1, 0.15) is 11.6 Å². The highest BCUT2D eigenvalue weighted by atomic mass is 16.5. The first-order chi connectivity index (χ1) is 10.2. The van der Waals surface area contributed by atoms with Crippen LogP contribution in [0.4, 0.5) is 5.95 Å². The van der Waals surface area contributed by atoms with Crippen molar-refractivity contribution in [3.63, 3.8) is 0 Å². The number of rotatable bonds is 5. The zero-order valence-electron chi connectivity index (χ0n) is 12.2. The van der Waals surface area contributed by atoms with Gasteiger partial charge in [0.05, 0.1) is 31.5 Å². The minimum absolute atomic E-state index is 0.175. The number of hydrogen-bond acceptors (Lipinski definition) is 7. The van der Waals surface area contributed by atoms with Crippen molar-refractivity contribution in [3.05, 3.63) is 30.4 Å². The molecular weight excluding hydrogens is 270 g/mol. The van der Waals surface area contributed by atoms with E-state index in [1.54, 1.807) is 6.20 Å². The number of aromatic nitrogens is 5. The number of nitrogens with one attached hydrogen (secondary N) is 1. The monoisotopic (exact) mass is 289 g/mol. The van der Waals surface area contributed by atoms with Crippen LogP contribution in [0.5, 0.6) is 0 Å². The third-order valence-electron chi connectivity index (χ3n) is 3.49. The fourth-order valence-electron chi connectivity index (χ4n) is 2.31. The fraction of sp³-hybridized carbons (Fsp3) is 0.538. The molecule has 0 saturated carbocycles. The van der Waals surface area contributed by atoms with Gasteiger partial charge in [0.25, 0.3) is 0 Å². The number of hydrogen-bond donors (Lipinski definition) is 1. The van der Waals surface area contributed by atoms with E-state index in [4.69, 9.17) is 4.74 Å². The predicted molar refractivity (Wildman–Crippen MR) is 76.9 cm³/mol. The molecule has 0 unspecified atom stereocenters. The molecule has 3 heterocycles. The molecule has 8 nitrogen and oxygen atoms in total. The molecule has 0 aliphatic carbocycles. The summed E-state index contributed by atoms with van der Waals surface area (Å²) < 4.78 is 7.39. The normalized spacial score (nSPS) is 21.6. The van der Waals surface area contributed by atoms with Crippen LogP contribution < -0.4 is 10.2 Å². The highest BCUT2D eigenvalue weighted by molar-refractivity contribution is 5.26. The predicted octanol–water partition coefficient (Wildman–Crippen LogP) is -0.136. The van der Waals surface area contributed by atoms with Crippen molar-refractivity contribution >= 4 is 5.95 Å². The maximum absolute atomic E-state index is 5.54. The minimum atomic E-state index is 0.175. The second kappa shape index (κ2) is 6.15. The lowest BCUT2D eigenvalue weighted by Gasteiger charge is -2.19. The first-order valence-electron chi connectivity index (χ1n) is 6.89. The molecule has 1 aliphatic rings. The van der Waals surface area contributed by atoms with Crippen molar-refractivity contribution in [1.82, 2.24) is 30.3 Å². The highest BCUT2D eigenvalue weighted by Crippen LogP contribution is 2.18. The average molecular weight is 289 g/mol. The van der Waals surface area contributed by atoms with Crippen LogP contribution in [0.25, 0.3) is 0 Å². The van der Waals surface area contributed by atoms with Crippen molar-refractivity contribution in [3.8, 4) is 0 Å². The molecule has 1 saturated heterocycles. The van der Waals surface area contributed by atoms with Gasteiger partial charge >= 0.3 is 0 Å². The van der Waals surface area contributed by atoms with Gasteiger partial charge in [0.15, 0.2) is 0 Å². The van der Waals surface area contributed by atoms with E-state index in [2.05, 4.69) is 25.6 Å². The van der Waals surface area contributed by atoms with Crippen LogP contribution in [0.15, 0.2) is 24.8 Å². The van der Waals surface area contributed by atoms with Gasteiger partial charge in [0.1, 0.15) is 0 Å². The molecule has 0 spiro atoms. The maximum atomic E-state index is 5.54. The van der Waals surface area contributed by atoms with E-state index in [0.29, 0.717) is 25.7 Å². The summed E-state index contributed by atoms with van der Waals surface area (Å²) in [4.78, 5) is 10.5. The maximum Gasteiger partial charge on any atom is 0.224 e. The van der Waals surface area contributed by atoms with Crippen LogP contribution in [-0.2, 0) is 11.3 Å². The van der Waals surface area contributed by atoms with E-state index >= 15 is 0 Å². The third-order valence-corrected chi connectivity index (χ3v) is 3.49. The Bertz CT molecular complexity index is 554.